The van der Waals surface area contributed by atoms with Crippen molar-refractivity contribution in [1.82, 2.24) is 15.3 Å². The lowest BCUT2D eigenvalue weighted by Crippen LogP contribution is -2.26. The fraction of sp³-hybridized carbons (Fsp3) is 0.154. The van der Waals surface area contributed by atoms with E-state index in [1.807, 2.05) is 19.1 Å². The van der Waals surface area contributed by atoms with Gasteiger partial charge in [0.15, 0.2) is 0 Å². The second-order valence-electron chi connectivity index (χ2n) is 4.05. The van der Waals surface area contributed by atoms with Crippen molar-refractivity contribution >= 4 is 11.7 Å². The molecule has 1 atom stereocenters. The summed E-state index contributed by atoms with van der Waals surface area (Å²) in [5, 5.41) is 2.89. The average molecular weight is 257 g/mol. The topological polar surface area (TPSA) is 92.9 Å². The molecule has 2 aromatic heterocycles. The maximum atomic E-state index is 12.0. The van der Waals surface area contributed by atoms with Crippen LogP contribution in [-0.2, 0) is 0 Å². The SMILES string of the molecule is CC(NC(=O)c1ccc(NN)nc1)c1ccncc1. The molecule has 1 unspecified atom stereocenters. The normalized spacial score (nSPS) is 11.7. The van der Waals surface area contributed by atoms with Crippen LogP contribution in [0.5, 0.6) is 0 Å². The highest BCUT2D eigenvalue weighted by Gasteiger charge is 2.11. The van der Waals surface area contributed by atoms with Crippen molar-refractivity contribution in [3.63, 3.8) is 0 Å². The minimum absolute atomic E-state index is 0.0946. The number of rotatable bonds is 4. The maximum absolute atomic E-state index is 12.0. The van der Waals surface area contributed by atoms with E-state index in [1.54, 1.807) is 24.5 Å². The third-order valence-corrected chi connectivity index (χ3v) is 2.73. The number of hydrazine groups is 1. The molecule has 1 amide bonds. The monoisotopic (exact) mass is 257 g/mol. The quantitative estimate of drug-likeness (QED) is 0.566. The number of aromatic nitrogens is 2. The predicted octanol–water partition coefficient (Wildman–Crippen LogP) is 1.25. The van der Waals surface area contributed by atoms with E-state index >= 15 is 0 Å². The van der Waals surface area contributed by atoms with Gasteiger partial charge in [-0.25, -0.2) is 10.8 Å². The van der Waals surface area contributed by atoms with E-state index in [-0.39, 0.29) is 11.9 Å². The number of hydrogen-bond acceptors (Lipinski definition) is 5. The summed E-state index contributed by atoms with van der Waals surface area (Å²) >= 11 is 0. The fourth-order valence-electron chi connectivity index (χ4n) is 1.63. The van der Waals surface area contributed by atoms with Crippen molar-refractivity contribution in [1.29, 1.82) is 0 Å². The molecular formula is C13H15N5O. The molecule has 6 heteroatoms. The molecule has 0 fully saturated rings. The van der Waals surface area contributed by atoms with Crippen LogP contribution >= 0.6 is 0 Å². The van der Waals surface area contributed by atoms with Crippen molar-refractivity contribution in [3.05, 3.63) is 54.0 Å². The Morgan fingerprint density at radius 3 is 2.58 bits per heavy atom. The Morgan fingerprint density at radius 1 is 1.26 bits per heavy atom. The summed E-state index contributed by atoms with van der Waals surface area (Å²) in [5.74, 6) is 5.55. The van der Waals surface area contributed by atoms with Crippen molar-refractivity contribution in [2.75, 3.05) is 5.43 Å². The summed E-state index contributed by atoms with van der Waals surface area (Å²) in [7, 11) is 0. The highest BCUT2D eigenvalue weighted by Crippen LogP contribution is 2.11. The van der Waals surface area contributed by atoms with Gasteiger partial charge in [-0.15, -0.1) is 0 Å². The number of carbonyl (C=O) groups is 1. The number of amides is 1. The van der Waals surface area contributed by atoms with E-state index in [4.69, 9.17) is 5.84 Å². The van der Waals surface area contributed by atoms with Gasteiger partial charge in [0.05, 0.1) is 11.6 Å². The zero-order valence-electron chi connectivity index (χ0n) is 10.5. The zero-order valence-corrected chi connectivity index (χ0v) is 10.5. The highest BCUT2D eigenvalue weighted by atomic mass is 16.1. The Balaban J connectivity index is 2.04. The van der Waals surface area contributed by atoms with Gasteiger partial charge in [0.2, 0.25) is 0 Å². The minimum atomic E-state index is -0.180. The molecule has 0 aromatic carbocycles. The molecule has 2 aromatic rings. The number of nitrogens with one attached hydrogen (secondary N) is 2. The van der Waals surface area contributed by atoms with Crippen molar-refractivity contribution in [2.24, 2.45) is 5.84 Å². The molecule has 19 heavy (non-hydrogen) atoms. The summed E-state index contributed by atoms with van der Waals surface area (Å²) < 4.78 is 0. The van der Waals surface area contributed by atoms with Gasteiger partial charge in [-0.05, 0) is 36.8 Å². The van der Waals surface area contributed by atoms with Crippen LogP contribution < -0.4 is 16.6 Å². The lowest BCUT2D eigenvalue weighted by Gasteiger charge is -2.14. The Kier molecular flexibility index (Phi) is 4.04. The summed E-state index contributed by atoms with van der Waals surface area (Å²) in [6, 6.07) is 6.95. The first-order valence-electron chi connectivity index (χ1n) is 5.84. The summed E-state index contributed by atoms with van der Waals surface area (Å²) in [4.78, 5) is 19.9. The lowest BCUT2D eigenvalue weighted by molar-refractivity contribution is 0.0939. The minimum Gasteiger partial charge on any atom is -0.345 e. The van der Waals surface area contributed by atoms with E-state index in [0.29, 0.717) is 11.4 Å². The molecule has 98 valence electrons. The first-order valence-corrected chi connectivity index (χ1v) is 5.84. The van der Waals surface area contributed by atoms with Crippen LogP contribution in [0.2, 0.25) is 0 Å². The van der Waals surface area contributed by atoms with Gasteiger partial charge >= 0.3 is 0 Å². The number of nitrogens with zero attached hydrogens (tertiary/aromatic N) is 2. The average Bonchev–Trinajstić information content (AvgIpc) is 2.48. The number of carbonyl (C=O) groups excluding carboxylic acids is 1. The Labute approximate surface area is 111 Å². The molecule has 6 nitrogen and oxygen atoms in total. The zero-order chi connectivity index (χ0) is 13.7. The number of nitrogens with two attached hydrogens (primary N) is 1. The third kappa shape index (κ3) is 3.26. The van der Waals surface area contributed by atoms with Crippen LogP contribution in [0.25, 0.3) is 0 Å². The molecule has 2 rings (SSSR count). The van der Waals surface area contributed by atoms with E-state index in [1.165, 1.54) is 6.20 Å². The number of pyridine rings is 2. The first-order chi connectivity index (χ1) is 9.20. The third-order valence-electron chi connectivity index (χ3n) is 2.73. The van der Waals surface area contributed by atoms with Crippen LogP contribution in [0.1, 0.15) is 28.9 Å². The van der Waals surface area contributed by atoms with Crippen molar-refractivity contribution in [3.8, 4) is 0 Å². The molecule has 0 bridgehead atoms. The maximum Gasteiger partial charge on any atom is 0.253 e. The molecule has 0 saturated carbocycles. The van der Waals surface area contributed by atoms with Gasteiger partial charge in [-0.3, -0.25) is 9.78 Å². The van der Waals surface area contributed by atoms with Crippen molar-refractivity contribution < 1.29 is 4.79 Å². The molecular weight excluding hydrogens is 242 g/mol. The summed E-state index contributed by atoms with van der Waals surface area (Å²) in [6.45, 7) is 1.91. The molecule has 0 aliphatic heterocycles. The number of hydrogen-bond donors (Lipinski definition) is 3. The van der Waals surface area contributed by atoms with Crippen LogP contribution in [-0.4, -0.2) is 15.9 Å². The molecule has 0 aliphatic rings. The van der Waals surface area contributed by atoms with Crippen LogP contribution in [0, 0.1) is 0 Å². The molecule has 4 N–H and O–H groups in total. The molecule has 0 aliphatic carbocycles. The van der Waals surface area contributed by atoms with Gasteiger partial charge in [0, 0.05) is 18.6 Å². The first kappa shape index (κ1) is 13.0. The summed E-state index contributed by atoms with van der Waals surface area (Å²) in [6.07, 6.45) is 4.87. The lowest BCUT2D eigenvalue weighted by atomic mass is 10.1. The van der Waals surface area contributed by atoms with Crippen LogP contribution in [0.3, 0.4) is 0 Å². The fourth-order valence-corrected chi connectivity index (χ4v) is 1.63. The van der Waals surface area contributed by atoms with E-state index in [0.717, 1.165) is 5.56 Å². The standard InChI is InChI=1S/C13H15N5O/c1-9(10-4-6-15-7-5-10)17-13(19)11-2-3-12(18-14)16-8-11/h2-9H,14H2,1H3,(H,16,18)(H,17,19). The van der Waals surface area contributed by atoms with E-state index < -0.39 is 0 Å². The molecule has 0 spiro atoms. The number of nitrogen functional groups attached to an aromatic ring is 1. The van der Waals surface area contributed by atoms with Gasteiger partial charge in [0.25, 0.3) is 5.91 Å². The van der Waals surface area contributed by atoms with Crippen LogP contribution in [0.4, 0.5) is 5.82 Å². The van der Waals surface area contributed by atoms with E-state index in [9.17, 15) is 4.79 Å². The molecule has 2 heterocycles. The highest BCUT2D eigenvalue weighted by molar-refractivity contribution is 5.94. The van der Waals surface area contributed by atoms with Gasteiger partial charge in [-0.1, -0.05) is 0 Å². The Morgan fingerprint density at radius 2 is 2.00 bits per heavy atom. The molecule has 0 radical (unpaired) electrons. The van der Waals surface area contributed by atoms with Gasteiger partial charge < -0.3 is 10.7 Å². The number of anilines is 1. The van der Waals surface area contributed by atoms with Crippen LogP contribution in [0.15, 0.2) is 42.9 Å². The second-order valence-corrected chi connectivity index (χ2v) is 4.05. The Bertz CT molecular complexity index is 541. The van der Waals surface area contributed by atoms with Gasteiger partial charge in [-0.2, -0.15) is 0 Å². The van der Waals surface area contributed by atoms with Gasteiger partial charge in [0.1, 0.15) is 5.82 Å². The smallest absolute Gasteiger partial charge is 0.253 e. The summed E-state index contributed by atoms with van der Waals surface area (Å²) in [5.41, 5.74) is 3.89. The van der Waals surface area contributed by atoms with E-state index in [2.05, 4.69) is 20.7 Å². The second kappa shape index (κ2) is 5.92. The molecule has 0 saturated heterocycles. The van der Waals surface area contributed by atoms with Crippen molar-refractivity contribution in [2.45, 2.75) is 13.0 Å². The predicted molar refractivity (Wildman–Crippen MR) is 72.2 cm³/mol. The Hall–Kier alpha value is -2.47. The largest absolute Gasteiger partial charge is 0.345 e.